The van der Waals surface area contributed by atoms with Gasteiger partial charge in [0.25, 0.3) is 0 Å². The van der Waals surface area contributed by atoms with Gasteiger partial charge in [-0.15, -0.1) is 33.2 Å². The summed E-state index contributed by atoms with van der Waals surface area (Å²) in [4.78, 5) is 11.1. The standard InChI is InChI=1S/C22H31Cl3O2Si/c1-27-22(26)16-15-21-13-11-20(12-14-21)10-9-19-7-5-18(6-8-19)4-2-3-17-28(23,24)25/h11-16,18-19H,2-10,17H2,1H3/b16-15+/t18-,19-. The SMILES string of the molecule is COC(=O)/C=C/c1ccc(CC[C@H]2CC[C@H](CCCC[Si](Cl)(Cl)Cl)CC2)cc1. The molecule has 0 heterocycles. The fraction of sp³-hybridized carbons (Fsp3) is 0.591. The molecule has 2 nitrogen and oxygen atoms in total. The number of benzene rings is 1. The molecule has 0 radical (unpaired) electrons. The number of ether oxygens (including phenoxy) is 1. The zero-order chi connectivity index (χ0) is 20.4. The van der Waals surface area contributed by atoms with Crippen molar-refractivity contribution in [2.45, 2.75) is 63.8 Å². The van der Waals surface area contributed by atoms with Crippen molar-refractivity contribution in [2.24, 2.45) is 11.8 Å². The quantitative estimate of drug-likeness (QED) is 0.119. The molecule has 0 N–H and O–H groups in total. The van der Waals surface area contributed by atoms with Gasteiger partial charge in [0, 0.05) is 6.08 Å². The monoisotopic (exact) mass is 460 g/mol. The Labute approximate surface area is 184 Å². The van der Waals surface area contributed by atoms with Gasteiger partial charge >= 0.3 is 12.0 Å². The lowest BCUT2D eigenvalue weighted by Gasteiger charge is -2.28. The topological polar surface area (TPSA) is 26.3 Å². The predicted octanol–water partition coefficient (Wildman–Crippen LogP) is 7.44. The van der Waals surface area contributed by atoms with Crippen molar-refractivity contribution in [3.63, 3.8) is 0 Å². The van der Waals surface area contributed by atoms with Gasteiger partial charge in [-0.25, -0.2) is 4.79 Å². The summed E-state index contributed by atoms with van der Waals surface area (Å²) in [5.74, 6) is 1.39. The lowest BCUT2D eigenvalue weighted by Crippen LogP contribution is -2.15. The molecule has 1 aliphatic rings. The van der Waals surface area contributed by atoms with E-state index in [-0.39, 0.29) is 5.97 Å². The molecule has 2 rings (SSSR count). The van der Waals surface area contributed by atoms with Crippen LogP contribution in [0, 0.1) is 11.8 Å². The van der Waals surface area contributed by atoms with Gasteiger partial charge in [-0.05, 0) is 47.9 Å². The van der Waals surface area contributed by atoms with E-state index in [1.54, 1.807) is 6.08 Å². The maximum atomic E-state index is 11.1. The largest absolute Gasteiger partial charge is 0.466 e. The zero-order valence-corrected chi connectivity index (χ0v) is 19.9. The van der Waals surface area contributed by atoms with E-state index in [0.29, 0.717) is 0 Å². The Morgan fingerprint density at radius 1 is 1.04 bits per heavy atom. The highest BCUT2D eigenvalue weighted by molar-refractivity contribution is 7.64. The number of carbonyl (C=O) groups excluding carboxylic acids is 1. The molecular weight excluding hydrogens is 431 g/mol. The fourth-order valence-corrected chi connectivity index (χ4v) is 5.82. The molecule has 6 heteroatoms. The van der Waals surface area contributed by atoms with E-state index >= 15 is 0 Å². The number of esters is 1. The van der Waals surface area contributed by atoms with Crippen LogP contribution in [0.4, 0.5) is 0 Å². The van der Waals surface area contributed by atoms with E-state index in [2.05, 4.69) is 29.0 Å². The van der Waals surface area contributed by atoms with Gasteiger partial charge < -0.3 is 4.74 Å². The Morgan fingerprint density at radius 2 is 1.64 bits per heavy atom. The third-order valence-electron chi connectivity index (χ3n) is 5.72. The summed E-state index contributed by atoms with van der Waals surface area (Å²) in [5.41, 5.74) is 2.39. The average Bonchev–Trinajstić information content (AvgIpc) is 2.68. The molecule has 1 saturated carbocycles. The summed E-state index contributed by atoms with van der Waals surface area (Å²) in [6.07, 6.45) is 14.6. The molecule has 0 aliphatic heterocycles. The Bertz CT molecular complexity index is 618. The highest BCUT2D eigenvalue weighted by Crippen LogP contribution is 2.35. The van der Waals surface area contributed by atoms with Gasteiger partial charge in [-0.1, -0.05) is 69.2 Å². The first-order chi connectivity index (χ1) is 13.4. The van der Waals surface area contributed by atoms with Crippen molar-refractivity contribution in [1.82, 2.24) is 0 Å². The molecule has 1 aromatic rings. The molecule has 0 bridgehead atoms. The van der Waals surface area contributed by atoms with Crippen LogP contribution in [-0.2, 0) is 16.0 Å². The fourth-order valence-electron chi connectivity index (χ4n) is 3.97. The minimum atomic E-state index is -2.42. The Morgan fingerprint density at radius 3 is 2.21 bits per heavy atom. The van der Waals surface area contributed by atoms with Crippen LogP contribution in [0.2, 0.25) is 6.04 Å². The van der Waals surface area contributed by atoms with Crippen molar-refractivity contribution in [2.75, 3.05) is 7.11 Å². The molecule has 0 atom stereocenters. The van der Waals surface area contributed by atoms with Crippen molar-refractivity contribution >= 4 is 51.3 Å². The smallest absolute Gasteiger partial charge is 0.341 e. The van der Waals surface area contributed by atoms with Crippen molar-refractivity contribution in [1.29, 1.82) is 0 Å². The normalized spacial score (nSPS) is 20.4. The summed E-state index contributed by atoms with van der Waals surface area (Å²) in [7, 11) is 1.39. The number of hydrogen-bond donors (Lipinski definition) is 0. The van der Waals surface area contributed by atoms with Crippen LogP contribution >= 0.6 is 33.2 Å². The Hall–Kier alpha value is -0.483. The molecule has 1 aromatic carbocycles. The second kappa shape index (κ2) is 12.3. The third-order valence-corrected chi connectivity index (χ3v) is 8.34. The third kappa shape index (κ3) is 9.82. The molecule has 1 aliphatic carbocycles. The van der Waals surface area contributed by atoms with Gasteiger partial charge in [0.15, 0.2) is 0 Å². The van der Waals surface area contributed by atoms with E-state index < -0.39 is 6.00 Å². The number of unbranched alkanes of at least 4 members (excludes halogenated alkanes) is 1. The number of methoxy groups -OCH3 is 1. The number of hydrogen-bond acceptors (Lipinski definition) is 2. The van der Waals surface area contributed by atoms with Crippen LogP contribution in [0.1, 0.15) is 62.5 Å². The lowest BCUT2D eigenvalue weighted by molar-refractivity contribution is -0.134. The summed E-state index contributed by atoms with van der Waals surface area (Å²) in [6.45, 7) is 0. The van der Waals surface area contributed by atoms with E-state index in [9.17, 15) is 4.79 Å². The summed E-state index contributed by atoms with van der Waals surface area (Å²) >= 11 is 17.8. The summed E-state index contributed by atoms with van der Waals surface area (Å²) in [5, 5.41) is 0. The molecular formula is C22H31Cl3O2Si. The lowest BCUT2D eigenvalue weighted by atomic mass is 9.78. The van der Waals surface area contributed by atoms with Gasteiger partial charge in [0.2, 0.25) is 0 Å². The van der Waals surface area contributed by atoms with Gasteiger partial charge in [0.1, 0.15) is 0 Å². The van der Waals surface area contributed by atoms with E-state index in [4.69, 9.17) is 33.2 Å². The number of aryl methyl sites for hydroxylation is 1. The van der Waals surface area contributed by atoms with Gasteiger partial charge in [-0.3, -0.25) is 0 Å². The van der Waals surface area contributed by atoms with Crippen LogP contribution in [0.15, 0.2) is 30.3 Å². The highest BCUT2D eigenvalue weighted by atomic mass is 35.8. The first-order valence-electron chi connectivity index (χ1n) is 10.3. The van der Waals surface area contributed by atoms with Crippen molar-refractivity contribution in [3.8, 4) is 0 Å². The molecule has 156 valence electrons. The first-order valence-corrected chi connectivity index (χ1v) is 15.5. The number of halogens is 3. The van der Waals surface area contributed by atoms with E-state index in [0.717, 1.165) is 36.3 Å². The first kappa shape index (κ1) is 23.8. The second-order valence-electron chi connectivity index (χ2n) is 7.88. The molecule has 0 spiro atoms. The van der Waals surface area contributed by atoms with Crippen LogP contribution in [0.5, 0.6) is 0 Å². The number of carbonyl (C=O) groups is 1. The van der Waals surface area contributed by atoms with E-state index in [1.165, 1.54) is 63.7 Å². The zero-order valence-electron chi connectivity index (χ0n) is 16.6. The van der Waals surface area contributed by atoms with Crippen molar-refractivity contribution in [3.05, 3.63) is 41.5 Å². The summed E-state index contributed by atoms with van der Waals surface area (Å²) in [6, 6.07) is 6.82. The van der Waals surface area contributed by atoms with Crippen molar-refractivity contribution < 1.29 is 9.53 Å². The number of rotatable bonds is 10. The molecule has 0 aromatic heterocycles. The minimum Gasteiger partial charge on any atom is -0.466 e. The van der Waals surface area contributed by atoms with Gasteiger partial charge in [0.05, 0.1) is 7.11 Å². The predicted molar refractivity (Wildman–Crippen MR) is 123 cm³/mol. The van der Waals surface area contributed by atoms with E-state index in [1.807, 2.05) is 0 Å². The molecule has 28 heavy (non-hydrogen) atoms. The molecule has 0 saturated heterocycles. The maximum absolute atomic E-state index is 11.1. The molecule has 1 fully saturated rings. The maximum Gasteiger partial charge on any atom is 0.341 e. The molecule has 0 amide bonds. The highest BCUT2D eigenvalue weighted by Gasteiger charge is 2.25. The second-order valence-corrected chi connectivity index (χ2v) is 17.2. The average molecular weight is 462 g/mol. The van der Waals surface area contributed by atoms with Gasteiger partial charge in [-0.2, -0.15) is 0 Å². The Balaban J connectivity index is 1.63. The summed E-state index contributed by atoms with van der Waals surface area (Å²) < 4.78 is 4.61. The van der Waals surface area contributed by atoms with Crippen LogP contribution in [0.3, 0.4) is 0 Å². The minimum absolute atomic E-state index is 0.327. The Kier molecular flexibility index (Phi) is 10.4. The van der Waals surface area contributed by atoms with Crippen LogP contribution in [0.25, 0.3) is 6.08 Å². The van der Waals surface area contributed by atoms with Crippen LogP contribution in [-0.4, -0.2) is 19.1 Å². The van der Waals surface area contributed by atoms with Crippen LogP contribution < -0.4 is 0 Å². The molecule has 0 unspecified atom stereocenters.